The van der Waals surface area contributed by atoms with Crippen molar-refractivity contribution in [1.29, 1.82) is 0 Å². The maximum absolute atomic E-state index is 11.8. The molecular formula is C12H21N3O4. The molecule has 108 valence electrons. The highest BCUT2D eigenvalue weighted by atomic mass is 16.5. The zero-order chi connectivity index (χ0) is 13.8. The van der Waals surface area contributed by atoms with Crippen LogP contribution in [0.5, 0.6) is 0 Å². The molecule has 2 rings (SSSR count). The van der Waals surface area contributed by atoms with Crippen LogP contribution in [-0.4, -0.2) is 67.4 Å². The third-order valence-electron chi connectivity index (χ3n) is 3.77. The minimum atomic E-state index is -0.929. The summed E-state index contributed by atoms with van der Waals surface area (Å²) in [4.78, 5) is 25.0. The maximum atomic E-state index is 11.8. The fraction of sp³-hybridized carbons (Fsp3) is 0.833. The van der Waals surface area contributed by atoms with Crippen molar-refractivity contribution in [1.82, 2.24) is 15.5 Å². The predicted octanol–water partition coefficient (Wildman–Crippen LogP) is -0.521. The number of carboxylic acids is 1. The van der Waals surface area contributed by atoms with Crippen molar-refractivity contribution in [2.75, 3.05) is 33.4 Å². The molecule has 2 saturated heterocycles. The summed E-state index contributed by atoms with van der Waals surface area (Å²) in [6, 6.07) is -0.568. The van der Waals surface area contributed by atoms with E-state index in [9.17, 15) is 9.59 Å². The number of piperidine rings is 1. The number of carbonyl (C=O) groups is 2. The van der Waals surface area contributed by atoms with Gasteiger partial charge in [0.25, 0.3) is 0 Å². The van der Waals surface area contributed by atoms with Gasteiger partial charge in [0.15, 0.2) is 0 Å². The van der Waals surface area contributed by atoms with Crippen molar-refractivity contribution >= 4 is 12.0 Å². The van der Waals surface area contributed by atoms with E-state index in [2.05, 4.69) is 22.6 Å². The molecule has 7 nitrogen and oxygen atoms in total. The van der Waals surface area contributed by atoms with Crippen LogP contribution in [0.2, 0.25) is 0 Å². The van der Waals surface area contributed by atoms with Gasteiger partial charge in [-0.25, -0.2) is 4.79 Å². The Morgan fingerprint density at radius 3 is 2.53 bits per heavy atom. The Hall–Kier alpha value is -1.34. The van der Waals surface area contributed by atoms with Crippen molar-refractivity contribution < 1.29 is 19.4 Å². The van der Waals surface area contributed by atoms with Crippen LogP contribution in [0.1, 0.15) is 12.8 Å². The SMILES string of the molecule is CN1CCC(NC(=O)NC2COCC2C(=O)O)CC1. The number of aliphatic carboxylic acids is 1. The molecule has 0 radical (unpaired) electrons. The highest BCUT2D eigenvalue weighted by Gasteiger charge is 2.35. The molecule has 2 aliphatic rings. The van der Waals surface area contributed by atoms with Crippen LogP contribution < -0.4 is 10.6 Å². The lowest BCUT2D eigenvalue weighted by molar-refractivity contribution is -0.142. The van der Waals surface area contributed by atoms with Crippen molar-refractivity contribution in [3.8, 4) is 0 Å². The second-order valence-electron chi connectivity index (χ2n) is 5.28. The Kier molecular flexibility index (Phi) is 4.60. The summed E-state index contributed by atoms with van der Waals surface area (Å²) in [5, 5.41) is 14.6. The average Bonchev–Trinajstić information content (AvgIpc) is 2.80. The van der Waals surface area contributed by atoms with Gasteiger partial charge in [0.2, 0.25) is 0 Å². The molecule has 0 aromatic rings. The van der Waals surface area contributed by atoms with Crippen molar-refractivity contribution in [3.05, 3.63) is 0 Å². The van der Waals surface area contributed by atoms with E-state index in [0.29, 0.717) is 0 Å². The standard InChI is InChI=1S/C12H21N3O4/c1-15-4-2-8(3-5-15)13-12(18)14-10-7-19-6-9(10)11(16)17/h8-10H,2-7H2,1H3,(H,16,17)(H2,13,14,18). The second-order valence-corrected chi connectivity index (χ2v) is 5.28. The number of carbonyl (C=O) groups excluding carboxylic acids is 1. The molecule has 0 spiro atoms. The van der Waals surface area contributed by atoms with Crippen LogP contribution in [-0.2, 0) is 9.53 Å². The summed E-state index contributed by atoms with van der Waals surface area (Å²) < 4.78 is 5.11. The first-order valence-corrected chi connectivity index (χ1v) is 6.62. The highest BCUT2D eigenvalue weighted by molar-refractivity contribution is 5.77. The topological polar surface area (TPSA) is 90.9 Å². The average molecular weight is 271 g/mol. The minimum Gasteiger partial charge on any atom is -0.481 e. The predicted molar refractivity (Wildman–Crippen MR) is 67.9 cm³/mol. The van der Waals surface area contributed by atoms with Crippen LogP contribution in [0.25, 0.3) is 0 Å². The van der Waals surface area contributed by atoms with E-state index in [1.807, 2.05) is 0 Å². The summed E-state index contributed by atoms with van der Waals surface area (Å²) in [6.45, 7) is 2.36. The number of amides is 2. The molecule has 2 unspecified atom stereocenters. The van der Waals surface area contributed by atoms with E-state index in [4.69, 9.17) is 9.84 Å². The third-order valence-corrected chi connectivity index (χ3v) is 3.77. The van der Waals surface area contributed by atoms with Crippen LogP contribution in [0, 0.1) is 5.92 Å². The lowest BCUT2D eigenvalue weighted by Crippen LogP contribution is -2.51. The fourth-order valence-electron chi connectivity index (χ4n) is 2.49. The maximum Gasteiger partial charge on any atom is 0.315 e. The van der Waals surface area contributed by atoms with Gasteiger partial charge in [-0.05, 0) is 33.0 Å². The normalized spacial score (nSPS) is 29.1. The third kappa shape index (κ3) is 3.81. The van der Waals surface area contributed by atoms with Gasteiger partial charge in [-0.2, -0.15) is 0 Å². The lowest BCUT2D eigenvalue weighted by Gasteiger charge is -2.30. The molecule has 7 heteroatoms. The molecule has 0 aromatic carbocycles. The van der Waals surface area contributed by atoms with E-state index in [0.717, 1.165) is 25.9 Å². The van der Waals surface area contributed by atoms with E-state index in [-0.39, 0.29) is 25.3 Å². The van der Waals surface area contributed by atoms with Gasteiger partial charge in [-0.1, -0.05) is 0 Å². The lowest BCUT2D eigenvalue weighted by atomic mass is 10.0. The summed E-state index contributed by atoms with van der Waals surface area (Å²) >= 11 is 0. The second kappa shape index (κ2) is 6.21. The van der Waals surface area contributed by atoms with Gasteiger partial charge in [0.1, 0.15) is 5.92 Å². The molecule has 2 heterocycles. The van der Waals surface area contributed by atoms with Gasteiger partial charge in [0, 0.05) is 6.04 Å². The Morgan fingerprint density at radius 2 is 1.89 bits per heavy atom. The van der Waals surface area contributed by atoms with Crippen molar-refractivity contribution in [2.45, 2.75) is 24.9 Å². The summed E-state index contributed by atoms with van der Waals surface area (Å²) in [5.41, 5.74) is 0. The number of ether oxygens (including phenoxy) is 1. The minimum absolute atomic E-state index is 0.161. The number of carboxylic acid groups (broad SMARTS) is 1. The van der Waals surface area contributed by atoms with E-state index in [1.54, 1.807) is 0 Å². The fourth-order valence-corrected chi connectivity index (χ4v) is 2.49. The van der Waals surface area contributed by atoms with E-state index in [1.165, 1.54) is 0 Å². The first-order chi connectivity index (χ1) is 9.06. The van der Waals surface area contributed by atoms with Crippen LogP contribution in [0.15, 0.2) is 0 Å². The first-order valence-electron chi connectivity index (χ1n) is 6.62. The molecule has 0 saturated carbocycles. The summed E-state index contributed by atoms with van der Waals surface area (Å²) in [7, 11) is 2.06. The van der Waals surface area contributed by atoms with E-state index >= 15 is 0 Å². The zero-order valence-corrected chi connectivity index (χ0v) is 11.1. The smallest absolute Gasteiger partial charge is 0.315 e. The number of nitrogens with zero attached hydrogens (tertiary/aromatic N) is 1. The summed E-state index contributed by atoms with van der Waals surface area (Å²) in [6.07, 6.45) is 1.85. The number of nitrogens with one attached hydrogen (secondary N) is 2. The molecule has 0 aromatic heterocycles. The molecule has 0 aliphatic carbocycles. The van der Waals surface area contributed by atoms with Gasteiger partial charge >= 0.3 is 12.0 Å². The molecule has 2 aliphatic heterocycles. The number of urea groups is 1. The first kappa shape index (κ1) is 14.1. The Balaban J connectivity index is 1.76. The number of hydrogen-bond donors (Lipinski definition) is 3. The highest BCUT2D eigenvalue weighted by Crippen LogP contribution is 2.14. The monoisotopic (exact) mass is 271 g/mol. The summed E-state index contributed by atoms with van der Waals surface area (Å²) in [5.74, 6) is -1.58. The van der Waals surface area contributed by atoms with Gasteiger partial charge < -0.3 is 25.4 Å². The van der Waals surface area contributed by atoms with Crippen LogP contribution in [0.4, 0.5) is 4.79 Å². The molecular weight excluding hydrogens is 250 g/mol. The van der Waals surface area contributed by atoms with Crippen LogP contribution >= 0.6 is 0 Å². The van der Waals surface area contributed by atoms with Gasteiger partial charge in [-0.15, -0.1) is 0 Å². The van der Waals surface area contributed by atoms with E-state index < -0.39 is 17.9 Å². The van der Waals surface area contributed by atoms with Crippen molar-refractivity contribution in [2.24, 2.45) is 5.92 Å². The largest absolute Gasteiger partial charge is 0.481 e. The quantitative estimate of drug-likeness (QED) is 0.642. The number of hydrogen-bond acceptors (Lipinski definition) is 4. The molecule has 0 bridgehead atoms. The Labute approximate surface area is 112 Å². The van der Waals surface area contributed by atoms with Crippen LogP contribution in [0.3, 0.4) is 0 Å². The Bertz CT molecular complexity index is 342. The number of likely N-dealkylation sites (tertiary alicyclic amines) is 1. The molecule has 2 fully saturated rings. The molecule has 19 heavy (non-hydrogen) atoms. The van der Waals surface area contributed by atoms with Crippen molar-refractivity contribution in [3.63, 3.8) is 0 Å². The number of rotatable bonds is 3. The Morgan fingerprint density at radius 1 is 1.21 bits per heavy atom. The molecule has 2 atom stereocenters. The zero-order valence-electron chi connectivity index (χ0n) is 11.1. The molecule has 2 amide bonds. The van der Waals surface area contributed by atoms with Gasteiger partial charge in [0.05, 0.1) is 19.3 Å². The molecule has 3 N–H and O–H groups in total. The van der Waals surface area contributed by atoms with Gasteiger partial charge in [-0.3, -0.25) is 4.79 Å².